The van der Waals surface area contributed by atoms with Crippen molar-refractivity contribution in [2.24, 2.45) is 0 Å². The monoisotopic (exact) mass is 317 g/mol. The number of amides is 1. The van der Waals surface area contributed by atoms with Gasteiger partial charge in [0, 0.05) is 18.5 Å². The second-order valence-electron chi connectivity index (χ2n) is 5.08. The van der Waals surface area contributed by atoms with Crippen LogP contribution in [-0.4, -0.2) is 29.3 Å². The Balaban J connectivity index is 2.23. The fraction of sp³-hybridized carbons (Fsp3) is 0.533. The van der Waals surface area contributed by atoms with E-state index in [-0.39, 0.29) is 22.5 Å². The standard InChI is InChI=1S/C15H18Cl2FNO/c16-9-10-19(11-5-2-1-3-6-11)15(20)12-7-4-8-13(18)14(12)17/h4,7-8,11H,1-3,5-6,9-10H2. The first-order chi connectivity index (χ1) is 9.65. The second-order valence-corrected chi connectivity index (χ2v) is 5.84. The summed E-state index contributed by atoms with van der Waals surface area (Å²) in [6, 6.07) is 4.52. The first-order valence-electron chi connectivity index (χ1n) is 6.96. The van der Waals surface area contributed by atoms with Crippen molar-refractivity contribution in [2.45, 2.75) is 38.1 Å². The summed E-state index contributed by atoms with van der Waals surface area (Å²) >= 11 is 11.7. The number of nitrogens with zero attached hydrogens (tertiary/aromatic N) is 1. The van der Waals surface area contributed by atoms with Crippen molar-refractivity contribution < 1.29 is 9.18 Å². The third-order valence-corrected chi connectivity index (χ3v) is 4.34. The van der Waals surface area contributed by atoms with Crippen LogP contribution in [0, 0.1) is 5.82 Å². The van der Waals surface area contributed by atoms with E-state index >= 15 is 0 Å². The molecule has 1 saturated carbocycles. The Bertz CT molecular complexity index is 475. The molecule has 0 aliphatic heterocycles. The smallest absolute Gasteiger partial charge is 0.255 e. The number of hydrogen-bond acceptors (Lipinski definition) is 1. The highest BCUT2D eigenvalue weighted by molar-refractivity contribution is 6.34. The molecule has 5 heteroatoms. The van der Waals surface area contributed by atoms with Crippen LogP contribution in [0.15, 0.2) is 18.2 Å². The maximum Gasteiger partial charge on any atom is 0.255 e. The molecule has 0 saturated heterocycles. The Kier molecular flexibility index (Phi) is 5.67. The molecule has 1 aromatic rings. The van der Waals surface area contributed by atoms with Crippen molar-refractivity contribution in [3.05, 3.63) is 34.6 Å². The van der Waals surface area contributed by atoms with Crippen molar-refractivity contribution in [1.29, 1.82) is 0 Å². The lowest BCUT2D eigenvalue weighted by Gasteiger charge is -2.34. The SMILES string of the molecule is O=C(c1cccc(F)c1Cl)N(CCCl)C1CCCCC1. The number of hydrogen-bond donors (Lipinski definition) is 0. The van der Waals surface area contributed by atoms with Gasteiger partial charge in [0.15, 0.2) is 0 Å². The molecule has 0 N–H and O–H groups in total. The fourth-order valence-corrected chi connectivity index (χ4v) is 3.15. The van der Waals surface area contributed by atoms with Crippen molar-refractivity contribution in [2.75, 3.05) is 12.4 Å². The number of alkyl halides is 1. The van der Waals surface area contributed by atoms with E-state index < -0.39 is 5.82 Å². The minimum atomic E-state index is -0.563. The average molecular weight is 318 g/mol. The van der Waals surface area contributed by atoms with Crippen LogP contribution in [-0.2, 0) is 0 Å². The third kappa shape index (κ3) is 3.44. The fourth-order valence-electron chi connectivity index (χ4n) is 2.76. The number of benzene rings is 1. The molecule has 1 aliphatic carbocycles. The molecule has 0 spiro atoms. The molecule has 1 fully saturated rings. The Hall–Kier alpha value is -0.800. The molecule has 0 aromatic heterocycles. The Labute approximate surface area is 128 Å². The Morgan fingerprint density at radius 1 is 1.30 bits per heavy atom. The molecule has 2 rings (SSSR count). The van der Waals surface area contributed by atoms with Gasteiger partial charge < -0.3 is 4.90 Å². The van der Waals surface area contributed by atoms with Crippen molar-refractivity contribution in [3.63, 3.8) is 0 Å². The number of carbonyl (C=O) groups excluding carboxylic acids is 1. The highest BCUT2D eigenvalue weighted by Gasteiger charge is 2.27. The maximum atomic E-state index is 13.5. The first kappa shape index (κ1) is 15.6. The number of halogens is 3. The molecule has 0 bridgehead atoms. The van der Waals surface area contributed by atoms with Gasteiger partial charge in [0.2, 0.25) is 0 Å². The lowest BCUT2D eigenvalue weighted by Crippen LogP contribution is -2.42. The van der Waals surface area contributed by atoms with Crippen LogP contribution >= 0.6 is 23.2 Å². The molecule has 0 unspecified atom stereocenters. The Morgan fingerprint density at radius 2 is 2.00 bits per heavy atom. The normalized spacial score (nSPS) is 16.1. The van der Waals surface area contributed by atoms with Gasteiger partial charge in [-0.2, -0.15) is 0 Å². The molecule has 110 valence electrons. The Morgan fingerprint density at radius 3 is 2.65 bits per heavy atom. The van der Waals surface area contributed by atoms with E-state index in [9.17, 15) is 9.18 Å². The zero-order valence-corrected chi connectivity index (χ0v) is 12.8. The molecule has 2 nitrogen and oxygen atoms in total. The van der Waals surface area contributed by atoms with Crippen LogP contribution in [0.2, 0.25) is 5.02 Å². The largest absolute Gasteiger partial charge is 0.334 e. The van der Waals surface area contributed by atoms with Crippen LogP contribution in [0.4, 0.5) is 4.39 Å². The van der Waals surface area contributed by atoms with Gasteiger partial charge in [-0.15, -0.1) is 11.6 Å². The molecule has 1 aliphatic rings. The van der Waals surface area contributed by atoms with Gasteiger partial charge >= 0.3 is 0 Å². The first-order valence-corrected chi connectivity index (χ1v) is 7.87. The molecular weight excluding hydrogens is 300 g/mol. The minimum Gasteiger partial charge on any atom is -0.334 e. The van der Waals surface area contributed by atoms with Crippen LogP contribution in [0.3, 0.4) is 0 Å². The topological polar surface area (TPSA) is 20.3 Å². The number of carbonyl (C=O) groups is 1. The molecule has 20 heavy (non-hydrogen) atoms. The summed E-state index contributed by atoms with van der Waals surface area (Å²) in [5.74, 6) is -0.413. The van der Waals surface area contributed by atoms with Crippen LogP contribution in [0.1, 0.15) is 42.5 Å². The molecule has 0 atom stereocenters. The predicted octanol–water partition coefficient (Wildman–Crippen LogP) is 4.49. The van der Waals surface area contributed by atoms with E-state index in [2.05, 4.69) is 0 Å². The van der Waals surface area contributed by atoms with Crippen molar-refractivity contribution in [1.82, 2.24) is 4.90 Å². The van der Waals surface area contributed by atoms with Gasteiger partial charge in [0.1, 0.15) is 5.82 Å². The lowest BCUT2D eigenvalue weighted by molar-refractivity contribution is 0.0649. The van der Waals surface area contributed by atoms with E-state index in [0.717, 1.165) is 25.7 Å². The summed E-state index contributed by atoms with van der Waals surface area (Å²) in [7, 11) is 0. The van der Waals surface area contributed by atoms with Gasteiger partial charge in [-0.25, -0.2) is 4.39 Å². The zero-order valence-electron chi connectivity index (χ0n) is 11.2. The van der Waals surface area contributed by atoms with Crippen molar-refractivity contribution in [3.8, 4) is 0 Å². The van der Waals surface area contributed by atoms with Gasteiger partial charge in [0.05, 0.1) is 10.6 Å². The summed E-state index contributed by atoms with van der Waals surface area (Å²) in [5.41, 5.74) is 0.224. The summed E-state index contributed by atoms with van der Waals surface area (Å²) < 4.78 is 13.5. The zero-order chi connectivity index (χ0) is 14.5. The average Bonchev–Trinajstić information content (AvgIpc) is 2.48. The summed E-state index contributed by atoms with van der Waals surface area (Å²) in [6.45, 7) is 0.470. The summed E-state index contributed by atoms with van der Waals surface area (Å²) in [5, 5.41) is -0.104. The van der Waals surface area contributed by atoms with Crippen LogP contribution < -0.4 is 0 Å². The maximum absolute atomic E-state index is 13.5. The van der Waals surface area contributed by atoms with E-state index in [1.165, 1.54) is 18.6 Å². The highest BCUT2D eigenvalue weighted by Crippen LogP contribution is 2.27. The third-order valence-electron chi connectivity index (χ3n) is 3.78. The number of rotatable bonds is 4. The molecule has 0 heterocycles. The quantitative estimate of drug-likeness (QED) is 0.749. The van der Waals surface area contributed by atoms with E-state index in [1.807, 2.05) is 0 Å². The second kappa shape index (κ2) is 7.28. The molecular formula is C15H18Cl2FNO. The van der Waals surface area contributed by atoms with Crippen LogP contribution in [0.5, 0.6) is 0 Å². The lowest BCUT2D eigenvalue weighted by atomic mass is 9.93. The van der Waals surface area contributed by atoms with Crippen molar-refractivity contribution >= 4 is 29.1 Å². The molecule has 1 amide bonds. The van der Waals surface area contributed by atoms with Gasteiger partial charge in [0.25, 0.3) is 5.91 Å². The van der Waals surface area contributed by atoms with E-state index in [0.29, 0.717) is 12.4 Å². The molecule has 1 aromatic carbocycles. The van der Waals surface area contributed by atoms with E-state index in [4.69, 9.17) is 23.2 Å². The summed E-state index contributed by atoms with van der Waals surface area (Å²) in [6.07, 6.45) is 5.41. The highest BCUT2D eigenvalue weighted by atomic mass is 35.5. The predicted molar refractivity (Wildman–Crippen MR) is 80.0 cm³/mol. The van der Waals surface area contributed by atoms with Gasteiger partial charge in [-0.1, -0.05) is 36.9 Å². The van der Waals surface area contributed by atoms with E-state index in [1.54, 1.807) is 11.0 Å². The van der Waals surface area contributed by atoms with Gasteiger partial charge in [-0.3, -0.25) is 4.79 Å². The summed E-state index contributed by atoms with van der Waals surface area (Å²) in [4.78, 5) is 14.4. The van der Waals surface area contributed by atoms with Gasteiger partial charge in [-0.05, 0) is 25.0 Å². The minimum absolute atomic E-state index is 0.104. The molecule has 0 radical (unpaired) electrons. The van der Waals surface area contributed by atoms with Crippen LogP contribution in [0.25, 0.3) is 0 Å².